The second-order valence-corrected chi connectivity index (χ2v) is 7.42. The lowest BCUT2D eigenvalue weighted by Crippen LogP contribution is -2.36. The molecule has 0 radical (unpaired) electrons. The highest BCUT2D eigenvalue weighted by Gasteiger charge is 2.20. The Morgan fingerprint density at radius 1 is 1.30 bits per heavy atom. The van der Waals surface area contributed by atoms with Crippen LogP contribution in [0.5, 0.6) is 0 Å². The molecule has 1 aliphatic heterocycles. The topological polar surface area (TPSA) is 91.8 Å². The number of nitrogens with zero attached hydrogens (tertiary/aromatic N) is 4. The molecule has 138 valence electrons. The first-order valence-corrected chi connectivity index (χ1v) is 9.55. The highest BCUT2D eigenvalue weighted by atomic mass is 32.1. The standard InChI is InChI=1S/C19H19FN6S/c20-14-2-1-7-26(11-14)17-6-3-12(10-23-17)19-25-18-16(27-19)5-4-15(24-18)13(8-21)9-22/h3-6,8-10,14,21H,1-2,7,11,22H2/t14-/m1/s1. The predicted molar refractivity (Wildman–Crippen MR) is 108 cm³/mol. The van der Waals surface area contributed by atoms with Crippen LogP contribution in [0.2, 0.25) is 0 Å². The maximum absolute atomic E-state index is 13.6. The lowest BCUT2D eigenvalue weighted by atomic mass is 10.1. The number of nitrogens with one attached hydrogen (secondary N) is 1. The van der Waals surface area contributed by atoms with Gasteiger partial charge in [0.25, 0.3) is 0 Å². The van der Waals surface area contributed by atoms with E-state index in [2.05, 4.69) is 15.0 Å². The minimum absolute atomic E-state index is 0.407. The number of fused-ring (bicyclic) bond motifs is 1. The molecule has 1 fully saturated rings. The molecule has 3 aromatic heterocycles. The van der Waals surface area contributed by atoms with E-state index in [1.54, 1.807) is 6.20 Å². The normalized spacial score (nSPS) is 18.0. The Bertz CT molecular complexity index is 997. The van der Waals surface area contributed by atoms with E-state index in [0.29, 0.717) is 29.9 Å². The number of alkyl halides is 1. The number of pyridine rings is 2. The van der Waals surface area contributed by atoms with Gasteiger partial charge in [-0.3, -0.25) is 0 Å². The van der Waals surface area contributed by atoms with Crippen LogP contribution in [0.15, 0.2) is 36.7 Å². The highest BCUT2D eigenvalue weighted by molar-refractivity contribution is 7.21. The monoisotopic (exact) mass is 382 g/mol. The van der Waals surface area contributed by atoms with Crippen molar-refractivity contribution < 1.29 is 4.39 Å². The SMILES string of the molecule is N=CC(=CN)c1ccc2sc(-c3ccc(N4CCC[C@@H](F)C4)nc3)nc2n1. The molecule has 6 nitrogen and oxygen atoms in total. The Kier molecular flexibility index (Phi) is 4.81. The summed E-state index contributed by atoms with van der Waals surface area (Å²) in [5.74, 6) is 0.798. The van der Waals surface area contributed by atoms with E-state index in [1.165, 1.54) is 23.8 Å². The van der Waals surface area contributed by atoms with Crippen molar-refractivity contribution in [2.45, 2.75) is 19.0 Å². The molecule has 0 unspecified atom stereocenters. The number of nitrogens with two attached hydrogens (primary N) is 1. The van der Waals surface area contributed by atoms with Gasteiger partial charge in [0.2, 0.25) is 0 Å². The fraction of sp³-hybridized carbons (Fsp3) is 0.263. The fourth-order valence-electron chi connectivity index (χ4n) is 3.14. The van der Waals surface area contributed by atoms with Crippen LogP contribution in [0.3, 0.4) is 0 Å². The summed E-state index contributed by atoms with van der Waals surface area (Å²) in [4.78, 5) is 15.6. The maximum Gasteiger partial charge on any atom is 0.171 e. The molecule has 1 saturated heterocycles. The number of piperidine rings is 1. The first kappa shape index (κ1) is 17.5. The third-order valence-corrected chi connectivity index (χ3v) is 5.63. The van der Waals surface area contributed by atoms with Crippen molar-refractivity contribution in [2.24, 2.45) is 5.73 Å². The molecular formula is C19H19FN6S. The zero-order valence-electron chi connectivity index (χ0n) is 14.6. The third-order valence-electron chi connectivity index (χ3n) is 4.57. The van der Waals surface area contributed by atoms with Gasteiger partial charge in [-0.25, -0.2) is 19.3 Å². The van der Waals surface area contributed by atoms with Gasteiger partial charge < -0.3 is 16.0 Å². The minimum atomic E-state index is -0.779. The van der Waals surface area contributed by atoms with Crippen molar-refractivity contribution >= 4 is 39.3 Å². The molecule has 4 rings (SSSR count). The molecule has 4 heterocycles. The van der Waals surface area contributed by atoms with E-state index >= 15 is 0 Å². The van der Waals surface area contributed by atoms with Crippen LogP contribution >= 0.6 is 11.3 Å². The smallest absolute Gasteiger partial charge is 0.171 e. The van der Waals surface area contributed by atoms with E-state index < -0.39 is 6.17 Å². The number of halogens is 1. The van der Waals surface area contributed by atoms with Crippen molar-refractivity contribution in [3.8, 4) is 10.6 Å². The molecular weight excluding hydrogens is 363 g/mol. The van der Waals surface area contributed by atoms with Gasteiger partial charge in [0.1, 0.15) is 17.0 Å². The number of anilines is 1. The first-order chi connectivity index (χ1) is 13.2. The molecule has 8 heteroatoms. The van der Waals surface area contributed by atoms with Gasteiger partial charge >= 0.3 is 0 Å². The molecule has 0 amide bonds. The number of aromatic nitrogens is 3. The second-order valence-electron chi connectivity index (χ2n) is 6.39. The molecule has 3 N–H and O–H groups in total. The zero-order chi connectivity index (χ0) is 18.8. The average Bonchev–Trinajstić information content (AvgIpc) is 3.13. The largest absolute Gasteiger partial charge is 0.404 e. The summed E-state index contributed by atoms with van der Waals surface area (Å²) in [6.45, 7) is 1.24. The summed E-state index contributed by atoms with van der Waals surface area (Å²) in [6.07, 6.45) is 5.02. The van der Waals surface area contributed by atoms with Gasteiger partial charge in [-0.05, 0) is 37.1 Å². The van der Waals surface area contributed by atoms with E-state index in [0.717, 1.165) is 34.1 Å². The number of allylic oxidation sites excluding steroid dienone is 1. The van der Waals surface area contributed by atoms with Gasteiger partial charge in [-0.15, -0.1) is 11.3 Å². The van der Waals surface area contributed by atoms with E-state index in [-0.39, 0.29) is 0 Å². The molecule has 0 spiro atoms. The Hall–Kier alpha value is -2.87. The summed E-state index contributed by atoms with van der Waals surface area (Å²) < 4.78 is 14.6. The third kappa shape index (κ3) is 3.52. The fourth-order valence-corrected chi connectivity index (χ4v) is 4.04. The Morgan fingerprint density at radius 3 is 2.89 bits per heavy atom. The average molecular weight is 382 g/mol. The molecule has 0 saturated carbocycles. The van der Waals surface area contributed by atoms with Crippen LogP contribution in [0, 0.1) is 5.41 Å². The van der Waals surface area contributed by atoms with Crippen molar-refractivity contribution in [1.29, 1.82) is 5.41 Å². The van der Waals surface area contributed by atoms with Crippen LogP contribution in [-0.4, -0.2) is 40.4 Å². The van der Waals surface area contributed by atoms with Gasteiger partial charge in [-0.2, -0.15) is 0 Å². The van der Waals surface area contributed by atoms with E-state index in [4.69, 9.17) is 11.1 Å². The van der Waals surface area contributed by atoms with Crippen LogP contribution in [-0.2, 0) is 0 Å². The van der Waals surface area contributed by atoms with Crippen LogP contribution in [0.1, 0.15) is 18.5 Å². The lowest BCUT2D eigenvalue weighted by molar-refractivity contribution is 0.286. The number of thiazole rings is 1. The zero-order valence-corrected chi connectivity index (χ0v) is 15.4. The van der Waals surface area contributed by atoms with Gasteiger partial charge in [0.15, 0.2) is 5.65 Å². The summed E-state index contributed by atoms with van der Waals surface area (Å²) in [7, 11) is 0. The Morgan fingerprint density at radius 2 is 2.19 bits per heavy atom. The molecule has 3 aromatic rings. The molecule has 0 bridgehead atoms. The molecule has 27 heavy (non-hydrogen) atoms. The van der Waals surface area contributed by atoms with Gasteiger partial charge in [0, 0.05) is 36.3 Å². The van der Waals surface area contributed by atoms with Crippen LogP contribution in [0.25, 0.3) is 26.5 Å². The number of hydrogen-bond acceptors (Lipinski definition) is 7. The first-order valence-electron chi connectivity index (χ1n) is 8.73. The maximum atomic E-state index is 13.6. The highest BCUT2D eigenvalue weighted by Crippen LogP contribution is 2.30. The van der Waals surface area contributed by atoms with Crippen LogP contribution < -0.4 is 10.6 Å². The van der Waals surface area contributed by atoms with Gasteiger partial charge in [-0.1, -0.05) is 0 Å². The number of hydrogen-bond donors (Lipinski definition) is 2. The molecule has 0 aliphatic carbocycles. The Labute approximate surface area is 160 Å². The van der Waals surface area contributed by atoms with Crippen LogP contribution in [0.4, 0.5) is 10.2 Å². The van der Waals surface area contributed by atoms with E-state index in [9.17, 15) is 4.39 Å². The summed E-state index contributed by atoms with van der Waals surface area (Å²) in [5.41, 5.74) is 8.22. The van der Waals surface area contributed by atoms with Crippen molar-refractivity contribution in [3.63, 3.8) is 0 Å². The van der Waals surface area contributed by atoms with Crippen molar-refractivity contribution in [2.75, 3.05) is 18.0 Å². The van der Waals surface area contributed by atoms with E-state index in [1.807, 2.05) is 29.2 Å². The summed E-state index contributed by atoms with van der Waals surface area (Å²) in [6, 6.07) is 7.65. The molecule has 1 atom stereocenters. The molecule has 1 aliphatic rings. The molecule has 0 aromatic carbocycles. The van der Waals surface area contributed by atoms with Crippen molar-refractivity contribution in [3.05, 3.63) is 42.4 Å². The number of rotatable bonds is 4. The second kappa shape index (κ2) is 7.40. The summed E-state index contributed by atoms with van der Waals surface area (Å²) in [5, 5.41) is 8.22. The van der Waals surface area contributed by atoms with Crippen molar-refractivity contribution in [1.82, 2.24) is 15.0 Å². The quantitative estimate of drug-likeness (QED) is 0.672. The minimum Gasteiger partial charge on any atom is -0.404 e. The Balaban J connectivity index is 1.61. The summed E-state index contributed by atoms with van der Waals surface area (Å²) >= 11 is 1.53. The lowest BCUT2D eigenvalue weighted by Gasteiger charge is -2.29. The predicted octanol–water partition coefficient (Wildman–Crippen LogP) is 3.64. The van der Waals surface area contributed by atoms with Gasteiger partial charge in [0.05, 0.1) is 16.9 Å².